The molecule has 0 saturated heterocycles. The fourth-order valence-corrected chi connectivity index (χ4v) is 13.5. The van der Waals surface area contributed by atoms with E-state index in [9.17, 15) is 9.59 Å². The Bertz CT molecular complexity index is 3440. The van der Waals surface area contributed by atoms with E-state index in [-0.39, 0.29) is 68.8 Å². The molecular formula is C66H86Cl6N6O13Si2. The van der Waals surface area contributed by atoms with E-state index in [0.717, 1.165) is 41.0 Å². The van der Waals surface area contributed by atoms with Crippen LogP contribution >= 0.6 is 69.6 Å². The van der Waals surface area contributed by atoms with Crippen LogP contribution in [0.15, 0.2) is 85.2 Å². The van der Waals surface area contributed by atoms with E-state index in [1.807, 2.05) is 62.8 Å². The molecule has 2 N–H and O–H groups in total. The van der Waals surface area contributed by atoms with Crippen molar-refractivity contribution < 1.29 is 61.2 Å². The average molecular weight is 1440 g/mol. The lowest BCUT2D eigenvalue weighted by Gasteiger charge is -2.44. The van der Waals surface area contributed by atoms with Gasteiger partial charge in [0.25, 0.3) is 11.8 Å². The van der Waals surface area contributed by atoms with E-state index in [1.54, 1.807) is 46.3 Å². The number of unbranched alkanes of at least 4 members (excludes halogenated alkanes) is 2. The third-order valence-electron chi connectivity index (χ3n) is 17.7. The smallest absolute Gasteiger partial charge is 0.416 e. The number of nitrogen functional groups attached to an aromatic ring is 1. The standard InChI is InChI=1S/C66H86Cl6N6O13Si2/c1-63(2,3)92(11,12)90-59-51-31-43(41-22-24-46(25-23-41)85-29-19-26-74(7)8)37-75(51)57(79)47-33-53(83-9)55(35-49(47)77(59)61(81)88-39-65(67,68)69)86-27-16-15-17-28-87-56-36-50-48(34-54(56)84-10)58(80)76-38-44(42-20-18-21-45(73)30-42)32-52(76)60(91-93(13,14)64(4,5)6)78(50)62(82)89-40-66(70,71)72/h18,20-25,30,33-38,51-52,59-60H,15-17,19,26-29,31-32,39-40,73H2,1-14H3/t51-,52-,59-,60-/m0/s1. The number of amides is 4. The molecule has 0 radical (unpaired) electrons. The highest BCUT2D eigenvalue weighted by Gasteiger charge is 2.54. The highest BCUT2D eigenvalue weighted by molar-refractivity contribution is 6.74. The highest BCUT2D eigenvalue weighted by atomic mass is 35.6. The number of rotatable bonds is 23. The Morgan fingerprint density at radius 3 is 1.40 bits per heavy atom. The van der Waals surface area contributed by atoms with Crippen molar-refractivity contribution >= 4 is 138 Å². The maximum Gasteiger partial charge on any atom is 0.416 e. The van der Waals surface area contributed by atoms with Crippen molar-refractivity contribution in [2.75, 3.05) is 83.4 Å². The van der Waals surface area contributed by atoms with Crippen LogP contribution in [0.5, 0.6) is 28.7 Å². The number of nitrogens with two attached hydrogens (primary N) is 1. The quantitative estimate of drug-likeness (QED) is 0.0319. The summed E-state index contributed by atoms with van der Waals surface area (Å²) in [5.74, 6) is 0.820. The van der Waals surface area contributed by atoms with E-state index in [4.69, 9.17) is 117 Å². The molecular weight excluding hydrogens is 1350 g/mol. The molecule has 4 heterocycles. The predicted octanol–water partition coefficient (Wildman–Crippen LogP) is 16.1. The van der Waals surface area contributed by atoms with Gasteiger partial charge in [-0.2, -0.15) is 0 Å². The van der Waals surface area contributed by atoms with E-state index in [2.05, 4.69) is 72.6 Å². The normalized spacial score (nSPS) is 18.6. The van der Waals surface area contributed by atoms with Gasteiger partial charge in [0.15, 0.2) is 52.1 Å². The maximum atomic E-state index is 15.2. The second-order valence-electron chi connectivity index (χ2n) is 26.8. The monoisotopic (exact) mass is 1440 g/mol. The third kappa shape index (κ3) is 17.7. The predicted molar refractivity (Wildman–Crippen MR) is 374 cm³/mol. The maximum absolute atomic E-state index is 15.2. The molecule has 0 bridgehead atoms. The Morgan fingerprint density at radius 1 is 0.570 bits per heavy atom. The molecule has 508 valence electrons. The van der Waals surface area contributed by atoms with Crippen molar-refractivity contribution in [2.24, 2.45) is 0 Å². The lowest BCUT2D eigenvalue weighted by Crippen LogP contribution is -2.58. The number of carbonyl (C=O) groups excluding carboxylic acids is 4. The molecule has 8 rings (SSSR count). The van der Waals surface area contributed by atoms with Crippen molar-refractivity contribution in [3.8, 4) is 28.7 Å². The third-order valence-corrected chi connectivity index (χ3v) is 27.2. The van der Waals surface area contributed by atoms with Crippen LogP contribution in [0.3, 0.4) is 0 Å². The Hall–Kier alpha value is -5.31. The summed E-state index contributed by atoms with van der Waals surface area (Å²) in [6.45, 7) is 21.4. The van der Waals surface area contributed by atoms with E-state index < -0.39 is 86.0 Å². The van der Waals surface area contributed by atoms with Crippen molar-refractivity contribution in [2.45, 2.75) is 148 Å². The van der Waals surface area contributed by atoms with Crippen LogP contribution in [-0.2, 0) is 18.3 Å². The second-order valence-corrected chi connectivity index (χ2v) is 41.4. The van der Waals surface area contributed by atoms with Crippen LogP contribution < -0.4 is 39.2 Å². The molecule has 0 aromatic heterocycles. The van der Waals surface area contributed by atoms with Gasteiger partial charge >= 0.3 is 12.2 Å². The minimum Gasteiger partial charge on any atom is -0.494 e. The number of benzene rings is 4. The zero-order chi connectivity index (χ0) is 68.3. The van der Waals surface area contributed by atoms with Gasteiger partial charge in [-0.05, 0) is 148 Å². The average Bonchev–Trinajstić information content (AvgIpc) is 1.60. The molecule has 0 aliphatic carbocycles. The largest absolute Gasteiger partial charge is 0.494 e. The molecule has 4 aromatic rings. The van der Waals surface area contributed by atoms with Gasteiger partial charge in [0.05, 0.1) is 68.6 Å². The molecule has 0 unspecified atom stereocenters. The van der Waals surface area contributed by atoms with E-state index in [0.29, 0.717) is 44.4 Å². The summed E-state index contributed by atoms with van der Waals surface area (Å²) in [6, 6.07) is 19.9. The lowest BCUT2D eigenvalue weighted by atomic mass is 10.0. The van der Waals surface area contributed by atoms with Crippen LogP contribution in [0.2, 0.25) is 36.3 Å². The molecule has 4 aromatic carbocycles. The minimum atomic E-state index is -2.79. The van der Waals surface area contributed by atoms with Crippen molar-refractivity contribution in [1.29, 1.82) is 0 Å². The van der Waals surface area contributed by atoms with Crippen molar-refractivity contribution in [3.05, 3.63) is 107 Å². The van der Waals surface area contributed by atoms with Gasteiger partial charge in [-0.15, -0.1) is 0 Å². The fraction of sp³-hybridized carbons (Fsp3) is 0.515. The van der Waals surface area contributed by atoms with E-state index in [1.165, 1.54) is 24.0 Å². The molecule has 19 nitrogen and oxygen atoms in total. The zero-order valence-electron chi connectivity index (χ0n) is 55.3. The van der Waals surface area contributed by atoms with Crippen LogP contribution in [0, 0.1) is 0 Å². The summed E-state index contributed by atoms with van der Waals surface area (Å²) in [7, 11) is 1.40. The molecule has 27 heteroatoms. The summed E-state index contributed by atoms with van der Waals surface area (Å²) >= 11 is 37.1. The molecule has 4 aliphatic rings. The first kappa shape index (κ1) is 73.5. The number of ether oxygens (including phenoxy) is 7. The Labute approximate surface area is 578 Å². The van der Waals surface area contributed by atoms with Crippen LogP contribution in [0.25, 0.3) is 11.1 Å². The number of nitrogens with zero attached hydrogens (tertiary/aromatic N) is 5. The summed E-state index contributed by atoms with van der Waals surface area (Å²) in [4.78, 5) is 67.9. The summed E-state index contributed by atoms with van der Waals surface area (Å²) in [5.41, 5.74) is 10.6. The van der Waals surface area contributed by atoms with Crippen LogP contribution in [0.4, 0.5) is 26.7 Å². The van der Waals surface area contributed by atoms with Gasteiger partial charge in [-0.3, -0.25) is 9.59 Å². The number of hydrogen-bond acceptors (Lipinski definition) is 15. The second kappa shape index (κ2) is 29.6. The Kier molecular flexibility index (Phi) is 23.4. The van der Waals surface area contributed by atoms with Crippen LogP contribution in [-0.4, -0.2) is 155 Å². The molecule has 93 heavy (non-hydrogen) atoms. The first-order chi connectivity index (χ1) is 43.4. The number of carbonyl (C=O) groups is 4. The summed E-state index contributed by atoms with van der Waals surface area (Å²) in [6.07, 6.45) is 2.64. The number of alkyl halides is 6. The molecule has 4 atom stereocenters. The Morgan fingerprint density at radius 2 is 1.00 bits per heavy atom. The number of methoxy groups -OCH3 is 2. The minimum absolute atomic E-state index is 0.110. The lowest BCUT2D eigenvalue weighted by molar-refractivity contribution is 0.0584. The number of halogens is 6. The van der Waals surface area contributed by atoms with Crippen molar-refractivity contribution in [1.82, 2.24) is 14.7 Å². The zero-order valence-corrected chi connectivity index (χ0v) is 61.8. The van der Waals surface area contributed by atoms with Gasteiger partial charge < -0.3 is 62.4 Å². The van der Waals surface area contributed by atoms with E-state index >= 15 is 9.59 Å². The van der Waals surface area contributed by atoms with Gasteiger partial charge in [0, 0.05) is 36.8 Å². The van der Waals surface area contributed by atoms with Crippen LogP contribution in [0.1, 0.15) is 112 Å². The SMILES string of the molecule is COc1cc2c(cc1OCCCCCOc1cc3c(cc1OC)C(=O)N1C=C(c4cccc(N)c4)C[C@H]1[C@H](O[Si](C)(C)C(C)(C)C)N3C(=O)OCC(Cl)(Cl)Cl)N(C(=O)OCC(Cl)(Cl)Cl)[C@@H](O[Si](C)(C)C(C)(C)C)[C@@H]1CC(c3ccc(OCCCN(C)C)cc3)=CN1C2=O. The van der Waals surface area contributed by atoms with Gasteiger partial charge in [0.2, 0.25) is 7.59 Å². The first-order valence-corrected chi connectivity index (χ1v) is 38.9. The summed E-state index contributed by atoms with van der Waals surface area (Å²) in [5, 5.41) is -0.685. The number of fused-ring (bicyclic) bond motifs is 4. The molecule has 4 aliphatic heterocycles. The fourth-order valence-electron chi connectivity index (χ4n) is 10.7. The molecule has 4 amide bonds. The topological polar surface area (TPSA) is 194 Å². The number of anilines is 3. The number of hydrogen-bond donors (Lipinski definition) is 1. The van der Waals surface area contributed by atoms with Gasteiger partial charge in [-0.25, -0.2) is 19.4 Å². The van der Waals surface area contributed by atoms with Gasteiger partial charge in [-0.1, -0.05) is 135 Å². The molecule has 0 fully saturated rings. The Balaban J connectivity index is 1.06. The summed E-state index contributed by atoms with van der Waals surface area (Å²) < 4.78 is 52.8. The van der Waals surface area contributed by atoms with Gasteiger partial charge in [0.1, 0.15) is 19.0 Å². The van der Waals surface area contributed by atoms with Crippen molar-refractivity contribution in [3.63, 3.8) is 0 Å². The highest BCUT2D eigenvalue weighted by Crippen LogP contribution is 2.50. The first-order valence-electron chi connectivity index (χ1n) is 30.8. The molecule has 0 spiro atoms. The molecule has 0 saturated carbocycles.